The molecule has 9 heavy (non-hydrogen) atoms. The minimum absolute atomic E-state index is 0.343. The molecule has 0 aromatic heterocycles. The molecule has 0 aliphatic heterocycles. The zero-order valence-corrected chi connectivity index (χ0v) is 6.78. The second-order valence-corrected chi connectivity index (χ2v) is 3.74. The van der Waals surface area contributed by atoms with Crippen molar-refractivity contribution in [2.45, 2.75) is 40.0 Å². The Bertz CT molecular complexity index is 61.5. The van der Waals surface area contributed by atoms with Gasteiger partial charge in [-0.1, -0.05) is 27.2 Å². The van der Waals surface area contributed by atoms with Gasteiger partial charge in [-0.05, 0) is 18.3 Å². The number of aliphatic hydroxyl groups is 1. The third-order valence-corrected chi connectivity index (χ3v) is 1.33. The number of hydrogen-bond donors (Lipinski definition) is 1. The summed E-state index contributed by atoms with van der Waals surface area (Å²) < 4.78 is 0. The standard InChI is InChI=1S/C8H18O/c1-8(2,3)6-4-5-7-9/h9H,4-7H2,1-3H3. The average Bonchev–Trinajstić information content (AvgIpc) is 1.63. The molecule has 0 atom stereocenters. The zero-order chi connectivity index (χ0) is 7.33. The van der Waals surface area contributed by atoms with Gasteiger partial charge in [0.2, 0.25) is 0 Å². The van der Waals surface area contributed by atoms with Gasteiger partial charge < -0.3 is 5.11 Å². The van der Waals surface area contributed by atoms with Gasteiger partial charge in [-0.3, -0.25) is 0 Å². The largest absolute Gasteiger partial charge is 0.396 e. The van der Waals surface area contributed by atoms with Crippen LogP contribution in [0.25, 0.3) is 0 Å². The van der Waals surface area contributed by atoms with E-state index >= 15 is 0 Å². The van der Waals surface area contributed by atoms with E-state index in [1.807, 2.05) is 0 Å². The summed E-state index contributed by atoms with van der Waals surface area (Å²) in [6, 6.07) is 0. The first-order valence-electron chi connectivity index (χ1n) is 3.67. The van der Waals surface area contributed by atoms with Crippen LogP contribution in [0.4, 0.5) is 0 Å². The lowest BCUT2D eigenvalue weighted by molar-refractivity contribution is 0.267. The SMILES string of the molecule is CC(C)(C)CCCCO. The van der Waals surface area contributed by atoms with Crippen LogP contribution < -0.4 is 0 Å². The van der Waals surface area contributed by atoms with E-state index in [0.29, 0.717) is 12.0 Å². The Morgan fingerprint density at radius 3 is 2.00 bits per heavy atom. The van der Waals surface area contributed by atoms with Gasteiger partial charge in [0.1, 0.15) is 0 Å². The van der Waals surface area contributed by atoms with Crippen molar-refractivity contribution in [2.24, 2.45) is 5.41 Å². The van der Waals surface area contributed by atoms with Gasteiger partial charge in [0, 0.05) is 6.61 Å². The molecule has 0 unspecified atom stereocenters. The minimum atomic E-state index is 0.343. The van der Waals surface area contributed by atoms with Gasteiger partial charge in [0.25, 0.3) is 0 Å². The van der Waals surface area contributed by atoms with Gasteiger partial charge in [-0.15, -0.1) is 0 Å². The quantitative estimate of drug-likeness (QED) is 0.581. The van der Waals surface area contributed by atoms with E-state index < -0.39 is 0 Å². The first-order chi connectivity index (χ1) is 4.06. The van der Waals surface area contributed by atoms with Crippen LogP contribution in [0.2, 0.25) is 0 Å². The molecule has 1 N–H and O–H groups in total. The number of hydrogen-bond acceptors (Lipinski definition) is 1. The van der Waals surface area contributed by atoms with E-state index in [-0.39, 0.29) is 0 Å². The van der Waals surface area contributed by atoms with E-state index in [1.54, 1.807) is 0 Å². The zero-order valence-electron chi connectivity index (χ0n) is 6.78. The fourth-order valence-corrected chi connectivity index (χ4v) is 0.767. The first-order valence-corrected chi connectivity index (χ1v) is 3.67. The maximum absolute atomic E-state index is 8.46. The van der Waals surface area contributed by atoms with Gasteiger partial charge in [0.15, 0.2) is 0 Å². The molecule has 0 rings (SSSR count). The second-order valence-electron chi connectivity index (χ2n) is 3.74. The second kappa shape index (κ2) is 3.89. The number of unbranched alkanes of at least 4 members (excludes halogenated alkanes) is 1. The van der Waals surface area contributed by atoms with Crippen molar-refractivity contribution in [2.75, 3.05) is 6.61 Å². The van der Waals surface area contributed by atoms with Gasteiger partial charge in [0.05, 0.1) is 0 Å². The Hall–Kier alpha value is -0.0400. The molecule has 56 valence electrons. The molecule has 0 aromatic carbocycles. The van der Waals surface area contributed by atoms with E-state index in [1.165, 1.54) is 6.42 Å². The Morgan fingerprint density at radius 2 is 1.67 bits per heavy atom. The predicted molar refractivity (Wildman–Crippen MR) is 40.4 cm³/mol. The number of rotatable bonds is 3. The average molecular weight is 130 g/mol. The molecular weight excluding hydrogens is 112 g/mol. The Kier molecular flexibility index (Phi) is 3.87. The summed E-state index contributed by atoms with van der Waals surface area (Å²) in [4.78, 5) is 0. The van der Waals surface area contributed by atoms with E-state index in [9.17, 15) is 0 Å². The lowest BCUT2D eigenvalue weighted by Gasteiger charge is -2.16. The van der Waals surface area contributed by atoms with Crippen LogP contribution in [0.5, 0.6) is 0 Å². The van der Waals surface area contributed by atoms with Crippen LogP contribution >= 0.6 is 0 Å². The first kappa shape index (κ1) is 8.96. The molecule has 0 fully saturated rings. The molecule has 0 heterocycles. The summed E-state index contributed by atoms with van der Waals surface area (Å²) in [6.07, 6.45) is 3.32. The minimum Gasteiger partial charge on any atom is -0.396 e. The van der Waals surface area contributed by atoms with Crippen molar-refractivity contribution in [1.82, 2.24) is 0 Å². The highest BCUT2D eigenvalue weighted by atomic mass is 16.2. The van der Waals surface area contributed by atoms with Crippen molar-refractivity contribution < 1.29 is 5.11 Å². The lowest BCUT2D eigenvalue weighted by atomic mass is 9.90. The van der Waals surface area contributed by atoms with Crippen molar-refractivity contribution in [3.63, 3.8) is 0 Å². The summed E-state index contributed by atoms with van der Waals surface area (Å²) in [5.74, 6) is 0. The smallest absolute Gasteiger partial charge is 0.0431 e. The highest BCUT2D eigenvalue weighted by Gasteiger charge is 2.07. The molecule has 1 nitrogen and oxygen atoms in total. The molecule has 0 bridgehead atoms. The fourth-order valence-electron chi connectivity index (χ4n) is 0.767. The van der Waals surface area contributed by atoms with Crippen molar-refractivity contribution in [3.8, 4) is 0 Å². The van der Waals surface area contributed by atoms with Crippen LogP contribution in [-0.2, 0) is 0 Å². The van der Waals surface area contributed by atoms with Crippen LogP contribution in [0.15, 0.2) is 0 Å². The topological polar surface area (TPSA) is 20.2 Å². The van der Waals surface area contributed by atoms with E-state index in [0.717, 1.165) is 12.8 Å². The molecule has 0 radical (unpaired) electrons. The van der Waals surface area contributed by atoms with Crippen molar-refractivity contribution in [1.29, 1.82) is 0 Å². The monoisotopic (exact) mass is 130 g/mol. The van der Waals surface area contributed by atoms with Crippen LogP contribution in [0, 0.1) is 5.41 Å². The molecule has 0 aliphatic rings. The van der Waals surface area contributed by atoms with E-state index in [2.05, 4.69) is 20.8 Å². The normalized spacial score (nSPS) is 12.0. The Morgan fingerprint density at radius 1 is 1.11 bits per heavy atom. The fraction of sp³-hybridized carbons (Fsp3) is 1.00. The summed E-state index contributed by atoms with van der Waals surface area (Å²) in [6.45, 7) is 7.02. The maximum atomic E-state index is 8.46. The Balaban J connectivity index is 3.07. The van der Waals surface area contributed by atoms with Crippen molar-refractivity contribution in [3.05, 3.63) is 0 Å². The highest BCUT2D eigenvalue weighted by molar-refractivity contribution is 4.60. The predicted octanol–water partition coefficient (Wildman–Crippen LogP) is 2.20. The summed E-state index contributed by atoms with van der Waals surface area (Å²) >= 11 is 0. The van der Waals surface area contributed by atoms with Crippen LogP contribution in [0.3, 0.4) is 0 Å². The molecule has 0 saturated heterocycles. The molecule has 0 aromatic rings. The molecule has 0 spiro atoms. The molecular formula is C8H18O. The summed E-state index contributed by atoms with van der Waals surface area (Å²) in [5.41, 5.74) is 0.440. The van der Waals surface area contributed by atoms with Gasteiger partial charge in [-0.2, -0.15) is 0 Å². The van der Waals surface area contributed by atoms with Gasteiger partial charge >= 0.3 is 0 Å². The molecule has 0 aliphatic carbocycles. The molecule has 0 amide bonds. The third kappa shape index (κ3) is 7.96. The third-order valence-electron chi connectivity index (χ3n) is 1.33. The summed E-state index contributed by atoms with van der Waals surface area (Å²) in [7, 11) is 0. The molecule has 1 heteroatoms. The van der Waals surface area contributed by atoms with E-state index in [4.69, 9.17) is 5.11 Å². The van der Waals surface area contributed by atoms with Crippen LogP contribution in [-0.4, -0.2) is 11.7 Å². The maximum Gasteiger partial charge on any atom is 0.0431 e. The summed E-state index contributed by atoms with van der Waals surface area (Å²) in [5, 5.41) is 8.46. The number of aliphatic hydroxyl groups excluding tert-OH is 1. The van der Waals surface area contributed by atoms with Crippen molar-refractivity contribution >= 4 is 0 Å². The van der Waals surface area contributed by atoms with Gasteiger partial charge in [-0.25, -0.2) is 0 Å². The molecule has 0 saturated carbocycles. The highest BCUT2D eigenvalue weighted by Crippen LogP contribution is 2.20. The Labute approximate surface area is 58.1 Å². The lowest BCUT2D eigenvalue weighted by Crippen LogP contribution is -2.04. The van der Waals surface area contributed by atoms with Crippen LogP contribution in [0.1, 0.15) is 40.0 Å².